The predicted octanol–water partition coefficient (Wildman–Crippen LogP) is 6.99. The van der Waals surface area contributed by atoms with Gasteiger partial charge in [0.05, 0.1) is 33.8 Å². The lowest BCUT2D eigenvalue weighted by atomic mass is 10.1. The summed E-state index contributed by atoms with van der Waals surface area (Å²) < 4.78 is 14.7. The van der Waals surface area contributed by atoms with Crippen molar-refractivity contribution < 1.29 is 19.4 Å². The number of rotatable bonds is 10. The first kappa shape index (κ1) is 28.5. The molecule has 0 fully saturated rings. The second kappa shape index (κ2) is 12.6. The highest BCUT2D eigenvalue weighted by Gasteiger charge is 2.17. The van der Waals surface area contributed by atoms with Crippen LogP contribution in [0.1, 0.15) is 60.4 Å². The zero-order chi connectivity index (χ0) is 28.1. The number of fused-ring (bicyclic) bond motifs is 1. The Labute approximate surface area is 242 Å². The van der Waals surface area contributed by atoms with Crippen molar-refractivity contribution in [2.45, 2.75) is 39.7 Å². The van der Waals surface area contributed by atoms with Crippen molar-refractivity contribution >= 4 is 54.9 Å². The zero-order valence-electron chi connectivity index (χ0n) is 21.6. The monoisotopic (exact) mass is 655 g/mol. The van der Waals surface area contributed by atoms with E-state index in [-0.39, 0.29) is 23.6 Å². The number of benzene rings is 3. The molecule has 8 nitrogen and oxygen atoms in total. The normalized spacial score (nSPS) is 12.1. The van der Waals surface area contributed by atoms with E-state index in [1.54, 1.807) is 30.5 Å². The molecule has 1 heterocycles. The number of halogens is 2. The fourth-order valence-electron chi connectivity index (χ4n) is 3.87. The molecular formula is C29H27Br2N3O5. The number of aromatic carboxylic acids is 1. The minimum atomic E-state index is -0.980. The van der Waals surface area contributed by atoms with Crippen molar-refractivity contribution in [1.29, 1.82) is 0 Å². The van der Waals surface area contributed by atoms with Crippen molar-refractivity contribution in [1.82, 2.24) is 9.66 Å². The number of nitrogens with zero attached hydrogens (tertiary/aromatic N) is 3. The molecule has 0 saturated heterocycles. The second-order valence-electron chi connectivity index (χ2n) is 8.86. The lowest BCUT2D eigenvalue weighted by Crippen LogP contribution is -2.23. The molecular weight excluding hydrogens is 630 g/mol. The first-order valence-electron chi connectivity index (χ1n) is 12.4. The van der Waals surface area contributed by atoms with E-state index in [1.807, 2.05) is 39.0 Å². The molecule has 0 saturated carbocycles. The van der Waals surface area contributed by atoms with Gasteiger partial charge in [0.2, 0.25) is 0 Å². The number of hydrogen-bond donors (Lipinski definition) is 1. The zero-order valence-corrected chi connectivity index (χ0v) is 24.8. The molecule has 0 aliphatic carbocycles. The highest BCUT2D eigenvalue weighted by Crippen LogP contribution is 2.37. The van der Waals surface area contributed by atoms with Crippen LogP contribution in [0.3, 0.4) is 0 Å². The summed E-state index contributed by atoms with van der Waals surface area (Å²) in [4.78, 5) is 29.3. The van der Waals surface area contributed by atoms with Gasteiger partial charge in [0, 0.05) is 10.4 Å². The van der Waals surface area contributed by atoms with E-state index in [0.29, 0.717) is 44.9 Å². The molecule has 0 amide bonds. The van der Waals surface area contributed by atoms with Gasteiger partial charge in [0.1, 0.15) is 12.4 Å². The van der Waals surface area contributed by atoms with Crippen LogP contribution < -0.4 is 15.0 Å². The van der Waals surface area contributed by atoms with Gasteiger partial charge >= 0.3 is 5.97 Å². The Morgan fingerprint density at radius 2 is 1.85 bits per heavy atom. The molecule has 10 heteroatoms. The van der Waals surface area contributed by atoms with Gasteiger partial charge in [0.25, 0.3) is 5.56 Å². The lowest BCUT2D eigenvalue weighted by molar-refractivity contribution is 0.0697. The largest absolute Gasteiger partial charge is 0.490 e. The number of carboxylic acid groups (broad SMARTS) is 1. The van der Waals surface area contributed by atoms with Crippen molar-refractivity contribution in [2.24, 2.45) is 5.10 Å². The molecule has 0 radical (unpaired) electrons. The smallest absolute Gasteiger partial charge is 0.335 e. The lowest BCUT2D eigenvalue weighted by Gasteiger charge is -2.15. The van der Waals surface area contributed by atoms with Crippen LogP contribution in [0.15, 0.2) is 73.4 Å². The van der Waals surface area contributed by atoms with E-state index in [2.05, 4.69) is 37.0 Å². The van der Waals surface area contributed by atoms with Crippen LogP contribution in [-0.4, -0.2) is 33.6 Å². The third kappa shape index (κ3) is 6.57. The number of hydrogen-bond acceptors (Lipinski definition) is 6. The third-order valence-corrected chi connectivity index (χ3v) is 7.21. The van der Waals surface area contributed by atoms with Gasteiger partial charge in [-0.2, -0.15) is 9.78 Å². The maximum Gasteiger partial charge on any atom is 0.335 e. The highest BCUT2D eigenvalue weighted by atomic mass is 79.9. The Hall–Kier alpha value is -3.50. The summed E-state index contributed by atoms with van der Waals surface area (Å²) in [5.74, 6) is 0.643. The average molecular weight is 657 g/mol. The minimum Gasteiger partial charge on any atom is -0.490 e. The number of carbonyl (C=O) groups is 1. The number of ether oxygens (including phenoxy) is 2. The van der Waals surface area contributed by atoms with E-state index in [9.17, 15) is 9.59 Å². The van der Waals surface area contributed by atoms with Crippen LogP contribution in [-0.2, 0) is 6.61 Å². The van der Waals surface area contributed by atoms with Gasteiger partial charge in [0.15, 0.2) is 11.5 Å². The molecule has 202 valence electrons. The third-order valence-electron chi connectivity index (χ3n) is 6.12. The summed E-state index contributed by atoms with van der Waals surface area (Å²) in [6.07, 6.45) is 2.40. The molecule has 4 rings (SSSR count). The summed E-state index contributed by atoms with van der Waals surface area (Å²) in [5.41, 5.74) is 2.10. The van der Waals surface area contributed by atoms with E-state index < -0.39 is 5.97 Å². The fraction of sp³-hybridized carbons (Fsp3) is 0.241. The van der Waals surface area contributed by atoms with Crippen LogP contribution in [0.4, 0.5) is 0 Å². The van der Waals surface area contributed by atoms with E-state index in [0.717, 1.165) is 16.5 Å². The van der Waals surface area contributed by atoms with Crippen molar-refractivity contribution in [3.8, 4) is 11.5 Å². The fourth-order valence-corrected chi connectivity index (χ4v) is 4.80. The quantitative estimate of drug-likeness (QED) is 0.185. The maximum atomic E-state index is 13.4. The number of carboxylic acids is 1. The molecule has 0 aliphatic rings. The van der Waals surface area contributed by atoms with Crippen molar-refractivity contribution in [2.75, 3.05) is 6.61 Å². The predicted molar refractivity (Wildman–Crippen MR) is 158 cm³/mol. The summed E-state index contributed by atoms with van der Waals surface area (Å²) in [6, 6.07) is 15.6. The van der Waals surface area contributed by atoms with Crippen molar-refractivity contribution in [3.63, 3.8) is 0 Å². The van der Waals surface area contributed by atoms with Crippen LogP contribution in [0.5, 0.6) is 11.5 Å². The Balaban J connectivity index is 1.67. The summed E-state index contributed by atoms with van der Waals surface area (Å²) in [5, 5.41) is 14.1. The molecule has 0 bridgehead atoms. The minimum absolute atomic E-state index is 0.0222. The van der Waals surface area contributed by atoms with Crippen molar-refractivity contribution in [3.05, 3.63) is 96.4 Å². The van der Waals surface area contributed by atoms with Gasteiger partial charge in [-0.3, -0.25) is 4.79 Å². The highest BCUT2D eigenvalue weighted by molar-refractivity contribution is 9.10. The Bertz CT molecular complexity index is 1600. The molecule has 3 aromatic carbocycles. The van der Waals surface area contributed by atoms with Gasteiger partial charge in [-0.05, 0) is 82.9 Å². The first-order valence-corrected chi connectivity index (χ1v) is 14.0. The SMILES string of the molecule is CCOc1cc(C=Nn2c([C@@H](C)CC)nc3ccc(Br)cc3c2=O)cc(Br)c1OCc1ccc(C(=O)O)cc1. The van der Waals surface area contributed by atoms with Crippen LogP contribution in [0.25, 0.3) is 10.9 Å². The van der Waals surface area contributed by atoms with E-state index in [1.165, 1.54) is 16.8 Å². The van der Waals surface area contributed by atoms with Gasteiger partial charge in [-0.1, -0.05) is 41.9 Å². The molecule has 1 N–H and O–H groups in total. The topological polar surface area (TPSA) is 103 Å². The first-order chi connectivity index (χ1) is 18.7. The summed E-state index contributed by atoms with van der Waals surface area (Å²) in [6.45, 7) is 6.57. The Kier molecular flexibility index (Phi) is 9.19. The summed E-state index contributed by atoms with van der Waals surface area (Å²) >= 11 is 7.00. The maximum absolute atomic E-state index is 13.4. The molecule has 4 aromatic rings. The van der Waals surface area contributed by atoms with Gasteiger partial charge < -0.3 is 14.6 Å². The van der Waals surface area contributed by atoms with E-state index >= 15 is 0 Å². The second-order valence-corrected chi connectivity index (χ2v) is 10.6. The Morgan fingerprint density at radius 1 is 1.10 bits per heavy atom. The number of aromatic nitrogens is 2. The van der Waals surface area contributed by atoms with Crippen LogP contribution in [0.2, 0.25) is 0 Å². The van der Waals surface area contributed by atoms with Gasteiger partial charge in [-0.25, -0.2) is 9.78 Å². The molecule has 1 atom stereocenters. The molecule has 39 heavy (non-hydrogen) atoms. The summed E-state index contributed by atoms with van der Waals surface area (Å²) in [7, 11) is 0. The Morgan fingerprint density at radius 3 is 2.51 bits per heavy atom. The average Bonchev–Trinajstić information content (AvgIpc) is 2.92. The molecule has 0 unspecified atom stereocenters. The van der Waals surface area contributed by atoms with E-state index in [4.69, 9.17) is 19.6 Å². The van der Waals surface area contributed by atoms with Gasteiger partial charge in [-0.15, -0.1) is 0 Å². The molecule has 1 aromatic heterocycles. The molecule has 0 aliphatic heterocycles. The standard InChI is InChI=1S/C29H27Br2N3O5/c1-4-17(3)27-33-24-11-10-21(30)14-22(24)28(35)34(27)32-15-19-12-23(31)26(25(13-19)38-5-2)39-16-18-6-8-20(9-7-18)29(36)37/h6-15,17H,4-5,16H2,1-3H3,(H,36,37)/t17-/m0/s1. The molecule has 0 spiro atoms. The van der Waals surface area contributed by atoms with Crippen LogP contribution in [0, 0.1) is 0 Å². The van der Waals surface area contributed by atoms with Crippen LogP contribution >= 0.6 is 31.9 Å².